The lowest BCUT2D eigenvalue weighted by atomic mass is 9.99. The zero-order valence-electron chi connectivity index (χ0n) is 22.9. The molecule has 7 aromatic carbocycles. The minimum atomic E-state index is 1.14. The molecule has 2 heterocycles. The van der Waals surface area contributed by atoms with Gasteiger partial charge in [-0.25, -0.2) is 0 Å². The number of hydrogen-bond acceptors (Lipinski definition) is 1. The third-order valence-electron chi connectivity index (χ3n) is 8.67. The maximum atomic E-state index is 2.45. The summed E-state index contributed by atoms with van der Waals surface area (Å²) in [5, 5.41) is 7.71. The van der Waals surface area contributed by atoms with Gasteiger partial charge in [-0.1, -0.05) is 103 Å². The molecule has 0 saturated carbocycles. The van der Waals surface area contributed by atoms with Crippen LogP contribution in [0.3, 0.4) is 0 Å². The highest BCUT2D eigenvalue weighted by Crippen LogP contribution is 2.41. The van der Waals surface area contributed by atoms with Gasteiger partial charge >= 0.3 is 0 Å². The Morgan fingerprint density at radius 1 is 0.357 bits per heavy atom. The molecule has 0 fully saturated rings. The highest BCUT2D eigenvalue weighted by molar-refractivity contribution is 6.23. The Hall–Kier alpha value is -5.60. The van der Waals surface area contributed by atoms with Crippen LogP contribution in [0.1, 0.15) is 0 Å². The summed E-state index contributed by atoms with van der Waals surface area (Å²) in [6.45, 7) is 0. The highest BCUT2D eigenvalue weighted by atomic mass is 15.1. The molecule has 0 N–H and O–H groups in total. The van der Waals surface area contributed by atoms with Gasteiger partial charge in [-0.3, -0.25) is 0 Å². The molecule has 0 aliphatic rings. The summed E-state index contributed by atoms with van der Waals surface area (Å²) >= 11 is 0. The first kappa shape index (κ1) is 23.1. The summed E-state index contributed by atoms with van der Waals surface area (Å²) < 4.78 is 2.45. The molecule has 0 radical (unpaired) electrons. The van der Waals surface area contributed by atoms with Gasteiger partial charge < -0.3 is 9.30 Å². The summed E-state index contributed by atoms with van der Waals surface area (Å²) in [6, 6.07) is 57.1. The summed E-state index contributed by atoms with van der Waals surface area (Å²) in [5.74, 6) is 0. The number of aromatic nitrogens is 1. The van der Waals surface area contributed by atoms with Gasteiger partial charge in [0.15, 0.2) is 0 Å². The van der Waals surface area contributed by atoms with Gasteiger partial charge in [0, 0.05) is 38.6 Å². The van der Waals surface area contributed by atoms with E-state index in [-0.39, 0.29) is 0 Å². The van der Waals surface area contributed by atoms with Crippen LogP contribution in [0, 0.1) is 0 Å². The van der Waals surface area contributed by atoms with Crippen molar-refractivity contribution in [1.82, 2.24) is 4.40 Å². The Bertz CT molecular complexity index is 2360. The molecule has 0 atom stereocenters. The van der Waals surface area contributed by atoms with E-state index in [0.717, 1.165) is 17.1 Å². The van der Waals surface area contributed by atoms with Gasteiger partial charge in [0.2, 0.25) is 0 Å². The van der Waals surface area contributed by atoms with Crippen molar-refractivity contribution in [2.75, 3.05) is 4.90 Å². The summed E-state index contributed by atoms with van der Waals surface area (Å²) in [4.78, 5) is 2.31. The Morgan fingerprint density at radius 3 is 1.69 bits per heavy atom. The van der Waals surface area contributed by atoms with E-state index in [1.807, 2.05) is 0 Å². The van der Waals surface area contributed by atoms with E-state index < -0.39 is 0 Å². The van der Waals surface area contributed by atoms with E-state index in [1.54, 1.807) is 0 Å². The molecule has 9 aromatic rings. The Labute approximate surface area is 243 Å². The monoisotopic (exact) mass is 534 g/mol. The van der Waals surface area contributed by atoms with Crippen LogP contribution in [-0.4, -0.2) is 4.40 Å². The second-order valence-corrected chi connectivity index (χ2v) is 11.0. The minimum Gasteiger partial charge on any atom is -0.310 e. The van der Waals surface area contributed by atoms with Crippen molar-refractivity contribution in [3.05, 3.63) is 158 Å². The molecule has 196 valence electrons. The minimum absolute atomic E-state index is 1.14. The van der Waals surface area contributed by atoms with Gasteiger partial charge in [0.05, 0.1) is 16.6 Å². The average molecular weight is 535 g/mol. The predicted molar refractivity (Wildman–Crippen MR) is 179 cm³/mol. The molecule has 2 nitrogen and oxygen atoms in total. The molecule has 0 spiro atoms. The first-order valence-corrected chi connectivity index (χ1v) is 14.4. The van der Waals surface area contributed by atoms with Crippen LogP contribution in [0.4, 0.5) is 17.1 Å². The zero-order chi connectivity index (χ0) is 27.6. The largest absolute Gasteiger partial charge is 0.310 e. The van der Waals surface area contributed by atoms with E-state index in [2.05, 4.69) is 167 Å². The van der Waals surface area contributed by atoms with Crippen LogP contribution in [0.5, 0.6) is 0 Å². The van der Waals surface area contributed by atoms with Crippen LogP contribution < -0.4 is 4.90 Å². The third kappa shape index (κ3) is 3.39. The average Bonchev–Trinajstić information content (AvgIpc) is 3.58. The second-order valence-electron chi connectivity index (χ2n) is 11.0. The fourth-order valence-electron chi connectivity index (χ4n) is 6.76. The quantitative estimate of drug-likeness (QED) is 0.218. The van der Waals surface area contributed by atoms with Crippen LogP contribution in [0.2, 0.25) is 0 Å². The fraction of sp³-hybridized carbons (Fsp3) is 0. The number of rotatable bonds is 4. The van der Waals surface area contributed by atoms with E-state index in [4.69, 9.17) is 0 Å². The third-order valence-corrected chi connectivity index (χ3v) is 8.67. The van der Waals surface area contributed by atoms with E-state index in [9.17, 15) is 0 Å². The van der Waals surface area contributed by atoms with Crippen LogP contribution in [0.15, 0.2) is 158 Å². The van der Waals surface area contributed by atoms with Crippen molar-refractivity contribution < 1.29 is 0 Å². The van der Waals surface area contributed by atoms with Gasteiger partial charge in [0.1, 0.15) is 0 Å². The molecule has 2 heteroatoms. The van der Waals surface area contributed by atoms with Gasteiger partial charge in [-0.15, -0.1) is 0 Å². The molecular weight excluding hydrogens is 508 g/mol. The fourth-order valence-corrected chi connectivity index (χ4v) is 6.76. The Morgan fingerprint density at radius 2 is 0.929 bits per heavy atom. The van der Waals surface area contributed by atoms with E-state index in [0.29, 0.717) is 0 Å². The number of nitrogens with zero attached hydrogens (tertiary/aromatic N) is 2. The van der Waals surface area contributed by atoms with E-state index >= 15 is 0 Å². The summed E-state index contributed by atoms with van der Waals surface area (Å²) in [5.41, 5.74) is 9.74. The molecule has 0 saturated heterocycles. The maximum Gasteiger partial charge on any atom is 0.0620 e. The molecule has 0 amide bonds. The van der Waals surface area contributed by atoms with Gasteiger partial charge in [-0.2, -0.15) is 0 Å². The van der Waals surface area contributed by atoms with Crippen molar-refractivity contribution in [1.29, 1.82) is 0 Å². The number of anilines is 3. The standard InChI is InChI=1S/C40H26N2/c1-3-10-31(11-4-1)41(32-12-5-2-6-13-32)33-22-20-28-24-27(18-19-29(28)25-33)30-21-23-35-37-16-9-15-36-34-14-7-8-17-38(34)42(40(36)37)39(35)26-30/h1-26H. The molecular formula is C40H26N2. The topological polar surface area (TPSA) is 7.65 Å². The normalized spacial score (nSPS) is 11.8. The Balaban J connectivity index is 1.18. The van der Waals surface area contributed by atoms with E-state index in [1.165, 1.54) is 60.0 Å². The van der Waals surface area contributed by atoms with Crippen LogP contribution in [0.25, 0.3) is 60.0 Å². The van der Waals surface area contributed by atoms with Crippen LogP contribution in [-0.2, 0) is 0 Å². The first-order valence-electron chi connectivity index (χ1n) is 14.4. The van der Waals surface area contributed by atoms with Crippen molar-refractivity contribution in [3.63, 3.8) is 0 Å². The van der Waals surface area contributed by atoms with Gasteiger partial charge in [0.25, 0.3) is 0 Å². The number of fused-ring (bicyclic) bond motifs is 7. The summed E-state index contributed by atoms with van der Waals surface area (Å²) in [6.07, 6.45) is 0. The molecule has 2 aromatic heterocycles. The second kappa shape index (κ2) is 8.95. The van der Waals surface area contributed by atoms with Crippen molar-refractivity contribution in [2.24, 2.45) is 0 Å². The molecule has 0 bridgehead atoms. The lowest BCUT2D eigenvalue weighted by Gasteiger charge is -2.25. The number of hydrogen-bond donors (Lipinski definition) is 0. The van der Waals surface area contributed by atoms with Crippen molar-refractivity contribution in [3.8, 4) is 11.1 Å². The molecule has 0 unspecified atom stereocenters. The first-order chi connectivity index (χ1) is 20.8. The predicted octanol–water partition coefficient (Wildman–Crippen LogP) is 11.1. The van der Waals surface area contributed by atoms with Crippen molar-refractivity contribution in [2.45, 2.75) is 0 Å². The zero-order valence-corrected chi connectivity index (χ0v) is 22.9. The SMILES string of the molecule is c1ccc(N(c2ccccc2)c2ccc3cc(-c4ccc5c6cccc7c8ccccc8n(c5c4)c76)ccc3c2)cc1. The van der Waals surface area contributed by atoms with Crippen molar-refractivity contribution >= 4 is 65.9 Å². The van der Waals surface area contributed by atoms with Crippen LogP contribution >= 0.6 is 0 Å². The Kier molecular flexibility index (Phi) is 4.93. The van der Waals surface area contributed by atoms with Gasteiger partial charge in [-0.05, 0) is 76.5 Å². The molecule has 42 heavy (non-hydrogen) atoms. The number of benzene rings is 7. The molecule has 0 aliphatic heterocycles. The lowest BCUT2D eigenvalue weighted by Crippen LogP contribution is -2.09. The molecule has 9 rings (SSSR count). The lowest BCUT2D eigenvalue weighted by molar-refractivity contribution is 1.29. The summed E-state index contributed by atoms with van der Waals surface area (Å²) in [7, 11) is 0. The smallest absolute Gasteiger partial charge is 0.0620 e. The molecule has 0 aliphatic carbocycles. The maximum absolute atomic E-state index is 2.45. The number of para-hydroxylation sites is 4. The highest BCUT2D eigenvalue weighted by Gasteiger charge is 2.17.